The first-order valence-corrected chi connectivity index (χ1v) is 7.41. The van der Waals surface area contributed by atoms with E-state index in [-0.39, 0.29) is 17.3 Å². The molecule has 1 N–H and O–H groups in total. The molecule has 0 aliphatic heterocycles. The Morgan fingerprint density at radius 2 is 1.92 bits per heavy atom. The van der Waals surface area contributed by atoms with Crippen molar-refractivity contribution >= 4 is 6.09 Å². The predicted octanol–water partition coefficient (Wildman–Crippen LogP) is 4.26. The molecule has 1 atom stereocenters. The maximum absolute atomic E-state index is 13.1. The quantitative estimate of drug-likeness (QED) is 0.888. The van der Waals surface area contributed by atoms with E-state index >= 15 is 0 Å². The zero-order valence-corrected chi connectivity index (χ0v) is 14.1. The number of hydrogen-bond acceptors (Lipinski definition) is 4. The normalized spacial score (nSPS) is 13.6. The van der Waals surface area contributed by atoms with Gasteiger partial charge in [-0.15, -0.1) is 0 Å². The lowest BCUT2D eigenvalue weighted by Crippen LogP contribution is -2.47. The standard InChI is InChI=1S/C16H18F3N3O3/c1-9-20-13(25-21-9)12(22(14(23)24)15(2,3)4)10-6-5-7-11(8-10)16(17,18)19/h5-8,12H,1-4H3,(H,23,24). The lowest BCUT2D eigenvalue weighted by Gasteiger charge is -2.38. The summed E-state index contributed by atoms with van der Waals surface area (Å²) < 4.78 is 44.2. The van der Waals surface area contributed by atoms with E-state index in [4.69, 9.17) is 4.52 Å². The number of carbonyl (C=O) groups is 1. The SMILES string of the molecule is Cc1noc(C(c2cccc(C(F)(F)F)c2)N(C(=O)O)C(C)(C)C)n1. The van der Waals surface area contributed by atoms with Crippen molar-refractivity contribution in [2.75, 3.05) is 0 Å². The van der Waals surface area contributed by atoms with Gasteiger partial charge in [0.25, 0.3) is 5.89 Å². The summed E-state index contributed by atoms with van der Waals surface area (Å²) in [7, 11) is 0. The van der Waals surface area contributed by atoms with Crippen LogP contribution in [0.3, 0.4) is 0 Å². The summed E-state index contributed by atoms with van der Waals surface area (Å²) >= 11 is 0. The van der Waals surface area contributed by atoms with Gasteiger partial charge in [-0.3, -0.25) is 4.90 Å². The van der Waals surface area contributed by atoms with Crippen molar-refractivity contribution in [1.82, 2.24) is 15.0 Å². The minimum absolute atomic E-state index is 0.0888. The predicted molar refractivity (Wildman–Crippen MR) is 81.9 cm³/mol. The highest BCUT2D eigenvalue weighted by atomic mass is 19.4. The van der Waals surface area contributed by atoms with E-state index in [9.17, 15) is 23.1 Å². The lowest BCUT2D eigenvalue weighted by atomic mass is 9.97. The molecule has 0 fully saturated rings. The molecule has 2 aromatic rings. The average Bonchev–Trinajstić information content (AvgIpc) is 2.88. The van der Waals surface area contributed by atoms with Crippen molar-refractivity contribution in [3.05, 3.63) is 47.1 Å². The Kier molecular flexibility index (Phi) is 4.79. The molecule has 1 aromatic carbocycles. The maximum Gasteiger partial charge on any atom is 0.416 e. The van der Waals surface area contributed by atoms with E-state index in [1.54, 1.807) is 27.7 Å². The Hall–Kier alpha value is -2.58. The molecule has 0 aliphatic rings. The molecule has 1 heterocycles. The van der Waals surface area contributed by atoms with Crippen molar-refractivity contribution in [2.45, 2.75) is 45.5 Å². The minimum Gasteiger partial charge on any atom is -0.465 e. The summed E-state index contributed by atoms with van der Waals surface area (Å²) in [6, 6.07) is 3.27. The number of alkyl halides is 3. The van der Waals surface area contributed by atoms with Crippen LogP contribution in [0.15, 0.2) is 28.8 Å². The van der Waals surface area contributed by atoms with Gasteiger partial charge >= 0.3 is 12.3 Å². The van der Waals surface area contributed by atoms with E-state index in [1.165, 1.54) is 12.1 Å². The van der Waals surface area contributed by atoms with Crippen LogP contribution < -0.4 is 0 Å². The van der Waals surface area contributed by atoms with Crippen LogP contribution >= 0.6 is 0 Å². The largest absolute Gasteiger partial charge is 0.465 e. The number of carboxylic acid groups (broad SMARTS) is 1. The molecule has 9 heteroatoms. The van der Waals surface area contributed by atoms with Crippen LogP contribution in [0.25, 0.3) is 0 Å². The first kappa shape index (κ1) is 18.8. The number of amides is 1. The first-order valence-electron chi connectivity index (χ1n) is 7.41. The van der Waals surface area contributed by atoms with Gasteiger partial charge in [0.15, 0.2) is 5.82 Å². The summed E-state index contributed by atoms with van der Waals surface area (Å²) in [5.74, 6) is 0.167. The van der Waals surface area contributed by atoms with Crippen LogP contribution in [0.4, 0.5) is 18.0 Å². The fourth-order valence-electron chi connectivity index (χ4n) is 2.50. The van der Waals surface area contributed by atoms with Gasteiger partial charge in [0.05, 0.1) is 5.56 Å². The molecule has 0 spiro atoms. The van der Waals surface area contributed by atoms with Crippen LogP contribution in [0.2, 0.25) is 0 Å². The molecule has 25 heavy (non-hydrogen) atoms. The fraction of sp³-hybridized carbons (Fsp3) is 0.438. The third kappa shape index (κ3) is 4.09. The second kappa shape index (κ2) is 6.38. The molecular formula is C16H18F3N3O3. The van der Waals surface area contributed by atoms with E-state index in [0.717, 1.165) is 17.0 Å². The summed E-state index contributed by atoms with van der Waals surface area (Å²) in [5.41, 5.74) is -1.71. The van der Waals surface area contributed by atoms with Gasteiger partial charge in [0.2, 0.25) is 0 Å². The third-order valence-corrected chi connectivity index (χ3v) is 3.49. The number of aromatic nitrogens is 2. The molecule has 1 unspecified atom stereocenters. The Bertz CT molecular complexity index is 766. The molecule has 0 radical (unpaired) electrons. The van der Waals surface area contributed by atoms with Crippen LogP contribution in [0, 0.1) is 6.92 Å². The molecule has 2 rings (SSSR count). The Morgan fingerprint density at radius 3 is 2.36 bits per heavy atom. The number of hydrogen-bond donors (Lipinski definition) is 1. The number of benzene rings is 1. The summed E-state index contributed by atoms with van der Waals surface area (Å²) in [6.07, 6.45) is -5.87. The average molecular weight is 357 g/mol. The van der Waals surface area contributed by atoms with Gasteiger partial charge in [0.1, 0.15) is 6.04 Å². The molecular weight excluding hydrogens is 339 g/mol. The topological polar surface area (TPSA) is 79.5 Å². The van der Waals surface area contributed by atoms with E-state index < -0.39 is 29.4 Å². The lowest BCUT2D eigenvalue weighted by molar-refractivity contribution is -0.137. The molecule has 136 valence electrons. The molecule has 0 aliphatic carbocycles. The second-order valence-corrected chi connectivity index (χ2v) is 6.53. The zero-order chi connectivity index (χ0) is 19.0. The van der Waals surface area contributed by atoms with Gasteiger partial charge in [0, 0.05) is 5.54 Å². The van der Waals surface area contributed by atoms with Crippen molar-refractivity contribution in [2.24, 2.45) is 0 Å². The van der Waals surface area contributed by atoms with E-state index in [0.29, 0.717) is 0 Å². The monoisotopic (exact) mass is 357 g/mol. The van der Waals surface area contributed by atoms with Crippen molar-refractivity contribution in [3.63, 3.8) is 0 Å². The van der Waals surface area contributed by atoms with Gasteiger partial charge in [-0.05, 0) is 45.4 Å². The Balaban J connectivity index is 2.66. The summed E-state index contributed by atoms with van der Waals surface area (Å²) in [4.78, 5) is 16.9. The van der Waals surface area contributed by atoms with Crippen LogP contribution in [-0.2, 0) is 6.18 Å². The highest BCUT2D eigenvalue weighted by molar-refractivity contribution is 5.67. The second-order valence-electron chi connectivity index (χ2n) is 6.53. The number of nitrogens with zero attached hydrogens (tertiary/aromatic N) is 3. The third-order valence-electron chi connectivity index (χ3n) is 3.49. The molecule has 0 saturated carbocycles. The Labute approximate surface area is 142 Å². The highest BCUT2D eigenvalue weighted by Gasteiger charge is 2.39. The molecule has 0 bridgehead atoms. The summed E-state index contributed by atoms with van der Waals surface area (Å²) in [6.45, 7) is 6.43. The van der Waals surface area contributed by atoms with Gasteiger partial charge < -0.3 is 9.63 Å². The first-order chi connectivity index (χ1) is 11.4. The van der Waals surface area contributed by atoms with Crippen LogP contribution in [-0.4, -0.2) is 31.8 Å². The van der Waals surface area contributed by atoms with Gasteiger partial charge in [-0.1, -0.05) is 17.3 Å². The number of aryl methyl sites for hydroxylation is 1. The van der Waals surface area contributed by atoms with Gasteiger partial charge in [-0.25, -0.2) is 4.79 Å². The fourth-order valence-corrected chi connectivity index (χ4v) is 2.50. The Morgan fingerprint density at radius 1 is 1.28 bits per heavy atom. The van der Waals surface area contributed by atoms with Gasteiger partial charge in [-0.2, -0.15) is 18.2 Å². The smallest absolute Gasteiger partial charge is 0.416 e. The molecule has 1 aromatic heterocycles. The van der Waals surface area contributed by atoms with E-state index in [2.05, 4.69) is 10.1 Å². The highest BCUT2D eigenvalue weighted by Crippen LogP contribution is 2.36. The molecule has 6 nitrogen and oxygen atoms in total. The van der Waals surface area contributed by atoms with Crippen LogP contribution in [0.1, 0.15) is 49.7 Å². The van der Waals surface area contributed by atoms with Crippen molar-refractivity contribution < 1.29 is 27.6 Å². The maximum atomic E-state index is 13.1. The molecule has 0 saturated heterocycles. The van der Waals surface area contributed by atoms with Crippen LogP contribution in [0.5, 0.6) is 0 Å². The number of rotatable bonds is 3. The van der Waals surface area contributed by atoms with E-state index in [1.807, 2.05) is 0 Å². The molecule has 1 amide bonds. The van der Waals surface area contributed by atoms with Crippen molar-refractivity contribution in [1.29, 1.82) is 0 Å². The summed E-state index contributed by atoms with van der Waals surface area (Å²) in [5, 5.41) is 13.3. The number of halogens is 3. The zero-order valence-electron chi connectivity index (χ0n) is 14.1. The van der Waals surface area contributed by atoms with Crippen molar-refractivity contribution in [3.8, 4) is 0 Å². The minimum atomic E-state index is -4.55.